The summed E-state index contributed by atoms with van der Waals surface area (Å²) in [5.41, 5.74) is 1.37. The monoisotopic (exact) mass is 299 g/mol. The fourth-order valence-electron chi connectivity index (χ4n) is 2.24. The van der Waals surface area contributed by atoms with Crippen LogP contribution in [0.25, 0.3) is 5.57 Å². The van der Waals surface area contributed by atoms with E-state index in [1.165, 1.54) is 6.08 Å². The molecule has 2 rings (SSSR count). The van der Waals surface area contributed by atoms with Crippen molar-refractivity contribution in [3.05, 3.63) is 54.1 Å². The number of allylic oxidation sites excluding steroid dienone is 2. The first kappa shape index (κ1) is 16.0. The molecule has 1 amide bonds. The van der Waals surface area contributed by atoms with Crippen molar-refractivity contribution in [2.75, 3.05) is 13.2 Å². The number of ether oxygens (including phenoxy) is 1. The van der Waals surface area contributed by atoms with E-state index >= 15 is 0 Å². The Balaban J connectivity index is 2.20. The first-order valence-electron chi connectivity index (χ1n) is 7.66. The molecule has 4 nitrogen and oxygen atoms in total. The third-order valence-corrected chi connectivity index (χ3v) is 3.43. The number of rotatable bonds is 1. The highest BCUT2D eigenvalue weighted by molar-refractivity contribution is 6.19. The number of hydrogen-bond acceptors (Lipinski definition) is 3. The summed E-state index contributed by atoms with van der Waals surface area (Å²) in [6.07, 6.45) is 8.36. The van der Waals surface area contributed by atoms with E-state index in [9.17, 15) is 9.59 Å². The molecule has 0 aliphatic carbocycles. The second kappa shape index (κ2) is 8.82. The molecule has 116 valence electrons. The predicted octanol–water partition coefficient (Wildman–Crippen LogP) is 2.86. The van der Waals surface area contributed by atoms with Crippen LogP contribution in [0.15, 0.2) is 48.6 Å². The summed E-state index contributed by atoms with van der Waals surface area (Å²) in [4.78, 5) is 23.9. The Bertz CT molecular complexity index is 561. The summed E-state index contributed by atoms with van der Waals surface area (Å²) in [7, 11) is 0. The Hall–Kier alpha value is -2.36. The molecule has 0 spiro atoms. The van der Waals surface area contributed by atoms with Crippen molar-refractivity contribution >= 4 is 17.4 Å². The van der Waals surface area contributed by atoms with E-state index in [-0.39, 0.29) is 11.9 Å². The van der Waals surface area contributed by atoms with E-state index in [4.69, 9.17) is 4.74 Å². The van der Waals surface area contributed by atoms with Crippen LogP contribution < -0.4 is 5.32 Å². The molecule has 4 heteroatoms. The molecule has 0 fully saturated rings. The van der Waals surface area contributed by atoms with Gasteiger partial charge in [-0.1, -0.05) is 42.8 Å². The number of benzene rings is 1. The number of hydrogen-bond donors (Lipinski definition) is 1. The average Bonchev–Trinajstić information content (AvgIpc) is 2.54. The maximum absolute atomic E-state index is 12.3. The Kier molecular flexibility index (Phi) is 6.42. The van der Waals surface area contributed by atoms with Crippen LogP contribution in [0.4, 0.5) is 0 Å². The Morgan fingerprint density at radius 1 is 0.955 bits per heavy atom. The van der Waals surface area contributed by atoms with Crippen molar-refractivity contribution in [1.82, 2.24) is 5.32 Å². The van der Waals surface area contributed by atoms with Crippen LogP contribution in [0.3, 0.4) is 0 Å². The van der Waals surface area contributed by atoms with Crippen LogP contribution in [-0.4, -0.2) is 25.0 Å². The van der Waals surface area contributed by atoms with E-state index in [1.807, 2.05) is 30.3 Å². The van der Waals surface area contributed by atoms with Crippen molar-refractivity contribution in [3.8, 4) is 0 Å². The van der Waals surface area contributed by atoms with Gasteiger partial charge < -0.3 is 10.1 Å². The van der Waals surface area contributed by atoms with Gasteiger partial charge in [-0.15, -0.1) is 0 Å². The van der Waals surface area contributed by atoms with Crippen molar-refractivity contribution < 1.29 is 14.3 Å². The van der Waals surface area contributed by atoms with Gasteiger partial charge in [0.15, 0.2) is 0 Å². The first-order chi connectivity index (χ1) is 10.8. The van der Waals surface area contributed by atoms with Gasteiger partial charge in [0.1, 0.15) is 0 Å². The van der Waals surface area contributed by atoms with Crippen molar-refractivity contribution in [2.45, 2.75) is 25.7 Å². The molecule has 0 saturated heterocycles. The Labute approximate surface area is 130 Å². The fourth-order valence-corrected chi connectivity index (χ4v) is 2.24. The highest BCUT2D eigenvalue weighted by Gasteiger charge is 2.10. The number of nitrogens with one attached hydrogen (secondary N) is 1. The smallest absolute Gasteiger partial charge is 0.330 e. The van der Waals surface area contributed by atoms with Crippen molar-refractivity contribution in [3.63, 3.8) is 0 Å². The summed E-state index contributed by atoms with van der Waals surface area (Å²) in [6.45, 7) is 1.11. The summed E-state index contributed by atoms with van der Waals surface area (Å²) in [5, 5.41) is 2.94. The molecule has 0 unspecified atom stereocenters. The van der Waals surface area contributed by atoms with Crippen LogP contribution in [0.1, 0.15) is 31.2 Å². The van der Waals surface area contributed by atoms with Crippen LogP contribution in [-0.2, 0) is 14.3 Å². The Morgan fingerprint density at radius 3 is 2.55 bits per heavy atom. The van der Waals surface area contributed by atoms with Gasteiger partial charge in [-0.3, -0.25) is 4.79 Å². The number of esters is 1. The van der Waals surface area contributed by atoms with Gasteiger partial charge in [0, 0.05) is 18.2 Å². The molecule has 0 aromatic heterocycles. The maximum Gasteiger partial charge on any atom is 0.330 e. The van der Waals surface area contributed by atoms with E-state index in [1.54, 1.807) is 12.2 Å². The summed E-state index contributed by atoms with van der Waals surface area (Å²) >= 11 is 0. The number of cyclic esters (lactones) is 1. The van der Waals surface area contributed by atoms with Gasteiger partial charge in [0.25, 0.3) is 5.91 Å². The lowest BCUT2D eigenvalue weighted by Gasteiger charge is -2.09. The standard InChI is InChI=1S/C18H21NO3/c20-17-12-8-11-16(15-9-4-3-5-10-15)18(21)19-13-6-1-2-7-14-22-17/h3-5,8-12H,1-2,6-7,13-14H2,(H,19,21)/b12-8+,16-11-. The fraction of sp³-hybridized carbons (Fsp3) is 0.333. The quantitative estimate of drug-likeness (QED) is 0.811. The van der Waals surface area contributed by atoms with Crippen LogP contribution in [0.5, 0.6) is 0 Å². The van der Waals surface area contributed by atoms with Gasteiger partial charge in [-0.05, 0) is 30.9 Å². The third kappa shape index (κ3) is 5.20. The summed E-state index contributed by atoms with van der Waals surface area (Å²) in [6, 6.07) is 9.42. The number of carbonyl (C=O) groups excluding carboxylic acids is 2. The third-order valence-electron chi connectivity index (χ3n) is 3.43. The number of carbonyl (C=O) groups is 2. The minimum atomic E-state index is -0.374. The molecule has 0 atom stereocenters. The van der Waals surface area contributed by atoms with E-state index in [0.717, 1.165) is 31.2 Å². The second-order valence-electron chi connectivity index (χ2n) is 5.14. The van der Waals surface area contributed by atoms with Crippen molar-refractivity contribution in [1.29, 1.82) is 0 Å². The molecule has 1 aromatic rings. The summed E-state index contributed by atoms with van der Waals surface area (Å²) < 4.78 is 5.10. The van der Waals surface area contributed by atoms with E-state index in [2.05, 4.69) is 5.32 Å². The van der Waals surface area contributed by atoms with E-state index in [0.29, 0.717) is 18.7 Å². The molecular formula is C18H21NO3. The van der Waals surface area contributed by atoms with Gasteiger partial charge >= 0.3 is 5.97 Å². The lowest BCUT2D eigenvalue weighted by atomic mass is 10.0. The first-order valence-corrected chi connectivity index (χ1v) is 7.66. The zero-order valence-corrected chi connectivity index (χ0v) is 12.6. The SMILES string of the molecule is O=C1/C=C/C=C(/c2ccccc2)C(=O)NCCCCCCO1. The van der Waals surface area contributed by atoms with Gasteiger partial charge in [-0.25, -0.2) is 4.79 Å². The molecule has 1 aliphatic heterocycles. The minimum Gasteiger partial charge on any atom is -0.463 e. The zero-order chi connectivity index (χ0) is 15.6. The molecule has 0 saturated carbocycles. The summed E-state index contributed by atoms with van der Waals surface area (Å²) in [5.74, 6) is -0.498. The number of amides is 1. The van der Waals surface area contributed by atoms with Crippen molar-refractivity contribution in [2.24, 2.45) is 0 Å². The molecular weight excluding hydrogens is 278 g/mol. The maximum atomic E-state index is 12.3. The lowest BCUT2D eigenvalue weighted by molar-refractivity contribution is -0.137. The van der Waals surface area contributed by atoms with Crippen LogP contribution in [0.2, 0.25) is 0 Å². The van der Waals surface area contributed by atoms with E-state index < -0.39 is 0 Å². The van der Waals surface area contributed by atoms with Gasteiger partial charge in [0.2, 0.25) is 0 Å². The average molecular weight is 299 g/mol. The molecule has 1 N–H and O–H groups in total. The van der Waals surface area contributed by atoms with Crippen LogP contribution in [0, 0.1) is 0 Å². The molecule has 1 aromatic carbocycles. The molecule has 22 heavy (non-hydrogen) atoms. The highest BCUT2D eigenvalue weighted by Crippen LogP contribution is 2.14. The van der Waals surface area contributed by atoms with Gasteiger partial charge in [-0.2, -0.15) is 0 Å². The highest BCUT2D eigenvalue weighted by atomic mass is 16.5. The largest absolute Gasteiger partial charge is 0.463 e. The molecule has 1 heterocycles. The molecule has 0 radical (unpaired) electrons. The second-order valence-corrected chi connectivity index (χ2v) is 5.14. The molecule has 0 bridgehead atoms. The zero-order valence-electron chi connectivity index (χ0n) is 12.6. The lowest BCUT2D eigenvalue weighted by Crippen LogP contribution is -2.25. The predicted molar refractivity (Wildman–Crippen MR) is 86.0 cm³/mol. The molecule has 1 aliphatic rings. The van der Waals surface area contributed by atoms with Crippen LogP contribution >= 0.6 is 0 Å². The Morgan fingerprint density at radius 2 is 1.73 bits per heavy atom. The topological polar surface area (TPSA) is 55.4 Å². The normalized spacial score (nSPS) is 21.7. The minimum absolute atomic E-state index is 0.124. The van der Waals surface area contributed by atoms with Gasteiger partial charge in [0.05, 0.1) is 6.61 Å².